The van der Waals surface area contributed by atoms with Gasteiger partial charge in [0.15, 0.2) is 0 Å². The first kappa shape index (κ1) is 21.0. The van der Waals surface area contributed by atoms with Crippen molar-refractivity contribution in [1.82, 2.24) is 4.90 Å². The maximum Gasteiger partial charge on any atom is 0.335 e. The maximum absolute atomic E-state index is 11.2. The van der Waals surface area contributed by atoms with Gasteiger partial charge < -0.3 is 19.5 Å². The van der Waals surface area contributed by atoms with E-state index in [0.717, 1.165) is 46.8 Å². The summed E-state index contributed by atoms with van der Waals surface area (Å²) >= 11 is 0. The molecule has 0 radical (unpaired) electrons. The van der Waals surface area contributed by atoms with Crippen LogP contribution in [-0.2, 0) is 9.47 Å². The van der Waals surface area contributed by atoms with E-state index in [1.807, 2.05) is 26.8 Å². The minimum atomic E-state index is -0.963. The number of hydrogen-bond acceptors (Lipinski definition) is 5. The molecule has 0 fully saturated rings. The number of allylic oxidation sites excluding steroid dienone is 4. The summed E-state index contributed by atoms with van der Waals surface area (Å²) in [5, 5.41) is 19.4. The van der Waals surface area contributed by atoms with Crippen molar-refractivity contribution in [2.24, 2.45) is 5.92 Å². The molecule has 0 saturated heterocycles. The van der Waals surface area contributed by atoms with Gasteiger partial charge in [-0.3, -0.25) is 0 Å². The second-order valence-electron chi connectivity index (χ2n) is 8.07. The summed E-state index contributed by atoms with van der Waals surface area (Å²) in [5.74, 6) is -0.689. The highest BCUT2D eigenvalue weighted by Crippen LogP contribution is 2.49. The summed E-state index contributed by atoms with van der Waals surface area (Å²) in [7, 11) is 1.64. The number of carbonyl (C=O) groups is 1. The van der Waals surface area contributed by atoms with Crippen LogP contribution in [-0.4, -0.2) is 41.8 Å². The number of nitrogens with zero attached hydrogens (tertiary/aromatic N) is 2. The second-order valence-corrected chi connectivity index (χ2v) is 8.07. The van der Waals surface area contributed by atoms with Crippen molar-refractivity contribution in [2.75, 3.05) is 20.3 Å². The van der Waals surface area contributed by atoms with Crippen molar-refractivity contribution in [3.05, 3.63) is 75.8 Å². The first-order chi connectivity index (χ1) is 14.8. The van der Waals surface area contributed by atoms with Crippen LogP contribution in [0.5, 0.6) is 0 Å². The summed E-state index contributed by atoms with van der Waals surface area (Å²) < 4.78 is 11.7. The molecule has 0 saturated carbocycles. The van der Waals surface area contributed by atoms with Crippen molar-refractivity contribution in [1.29, 1.82) is 5.26 Å². The van der Waals surface area contributed by atoms with Crippen molar-refractivity contribution < 1.29 is 19.4 Å². The topological polar surface area (TPSA) is 82.8 Å². The number of carboxylic acids is 1. The number of ether oxygens (including phenoxy) is 2. The fourth-order valence-electron chi connectivity index (χ4n) is 4.91. The number of methoxy groups -OCH3 is 1. The lowest BCUT2D eigenvalue weighted by atomic mass is 9.81. The van der Waals surface area contributed by atoms with Gasteiger partial charge in [-0.2, -0.15) is 5.26 Å². The molecule has 160 valence electrons. The monoisotopic (exact) mass is 418 g/mol. The second kappa shape index (κ2) is 7.75. The molecule has 0 amide bonds. The van der Waals surface area contributed by atoms with E-state index in [4.69, 9.17) is 9.47 Å². The molecule has 2 aliphatic heterocycles. The van der Waals surface area contributed by atoms with E-state index in [0.29, 0.717) is 6.61 Å². The average molecular weight is 418 g/mol. The first-order valence-corrected chi connectivity index (χ1v) is 10.4. The molecule has 1 aliphatic carbocycles. The fraction of sp³-hybridized carbons (Fsp3) is 0.360. The lowest BCUT2D eigenvalue weighted by Gasteiger charge is -2.38. The Labute approximate surface area is 182 Å². The quantitative estimate of drug-likeness (QED) is 0.758. The Hall–Kier alpha value is -3.30. The zero-order chi connectivity index (χ0) is 22.3. The van der Waals surface area contributed by atoms with E-state index in [2.05, 4.69) is 17.0 Å². The number of rotatable bonds is 5. The normalized spacial score (nSPS) is 24.9. The highest BCUT2D eigenvalue weighted by molar-refractivity contribution is 5.88. The van der Waals surface area contributed by atoms with Gasteiger partial charge in [-0.1, -0.05) is 12.1 Å². The van der Waals surface area contributed by atoms with E-state index in [1.165, 1.54) is 5.57 Å². The van der Waals surface area contributed by atoms with Gasteiger partial charge in [0.25, 0.3) is 0 Å². The molecule has 2 atom stereocenters. The molecule has 2 unspecified atom stereocenters. The van der Waals surface area contributed by atoms with Gasteiger partial charge in [0, 0.05) is 35.7 Å². The van der Waals surface area contributed by atoms with E-state index >= 15 is 0 Å². The van der Waals surface area contributed by atoms with Gasteiger partial charge in [-0.05, 0) is 62.6 Å². The van der Waals surface area contributed by atoms with Crippen LogP contribution in [0.15, 0.2) is 64.7 Å². The Morgan fingerprint density at radius 3 is 2.65 bits per heavy atom. The lowest BCUT2D eigenvalue weighted by molar-refractivity contribution is 0.00141. The van der Waals surface area contributed by atoms with Crippen LogP contribution in [0.1, 0.15) is 43.1 Å². The summed E-state index contributed by atoms with van der Waals surface area (Å²) in [5.41, 5.74) is 5.57. The number of benzene rings is 1. The number of nitriles is 1. The van der Waals surface area contributed by atoms with Crippen LogP contribution < -0.4 is 0 Å². The molecular formula is C25H26N2O4. The fourth-order valence-corrected chi connectivity index (χ4v) is 4.91. The number of hydrogen-bond donors (Lipinski definition) is 1. The Bertz CT molecular complexity index is 1100. The molecule has 1 aromatic carbocycles. The van der Waals surface area contributed by atoms with E-state index in [9.17, 15) is 15.2 Å². The van der Waals surface area contributed by atoms with E-state index in [-0.39, 0.29) is 5.56 Å². The summed E-state index contributed by atoms with van der Waals surface area (Å²) in [4.78, 5) is 13.4. The number of carboxylic acid groups (broad SMARTS) is 1. The molecule has 6 heteroatoms. The van der Waals surface area contributed by atoms with Crippen LogP contribution in [0.4, 0.5) is 0 Å². The predicted molar refractivity (Wildman–Crippen MR) is 117 cm³/mol. The molecule has 1 N–H and O–H groups in total. The molecular weight excluding hydrogens is 392 g/mol. The Morgan fingerprint density at radius 1 is 1.35 bits per heavy atom. The third-order valence-corrected chi connectivity index (χ3v) is 6.32. The van der Waals surface area contributed by atoms with Gasteiger partial charge in [0.2, 0.25) is 0 Å². The highest BCUT2D eigenvalue weighted by Gasteiger charge is 2.43. The van der Waals surface area contributed by atoms with Gasteiger partial charge in [0.05, 0.1) is 18.7 Å². The van der Waals surface area contributed by atoms with Gasteiger partial charge in [-0.15, -0.1) is 0 Å². The maximum atomic E-state index is 11.2. The number of aromatic carboxylic acids is 1. The van der Waals surface area contributed by atoms with Gasteiger partial charge in [-0.25, -0.2) is 4.79 Å². The minimum absolute atomic E-state index is 0.230. The van der Waals surface area contributed by atoms with Crippen LogP contribution in [0.25, 0.3) is 5.57 Å². The van der Waals surface area contributed by atoms with Crippen LogP contribution in [0.2, 0.25) is 0 Å². The predicted octanol–water partition coefficient (Wildman–Crippen LogP) is 4.49. The standard InChI is InChI=1S/C25H26N2O4/c1-5-31-25(3)13-18-10-11-27-15(2)22(16-6-8-17(9-7-16)24(28)29)20(14-26)23(27)19(18)12-21(25)30-4/h6-9,12-13,20H,5,10-11H2,1-4H3,(H,28,29). The average Bonchev–Trinajstić information content (AvgIpc) is 3.05. The Balaban J connectivity index is 1.83. The largest absolute Gasteiger partial charge is 0.498 e. The minimum Gasteiger partial charge on any atom is -0.498 e. The van der Waals surface area contributed by atoms with Gasteiger partial charge >= 0.3 is 5.97 Å². The van der Waals surface area contributed by atoms with Crippen molar-refractivity contribution in [3.63, 3.8) is 0 Å². The molecule has 31 heavy (non-hydrogen) atoms. The smallest absolute Gasteiger partial charge is 0.335 e. The summed E-state index contributed by atoms with van der Waals surface area (Å²) in [6, 6.07) is 9.24. The third-order valence-electron chi connectivity index (χ3n) is 6.32. The summed E-state index contributed by atoms with van der Waals surface area (Å²) in [6.45, 7) is 7.34. The third kappa shape index (κ3) is 3.26. The van der Waals surface area contributed by atoms with E-state index < -0.39 is 17.5 Å². The SMILES string of the molecule is CCOC1(C)C=C2CCN3C(C)=C(c4ccc(C(=O)O)cc4)C(C#N)C3=C2C=C1OC. The zero-order valence-electron chi connectivity index (χ0n) is 18.2. The molecule has 2 heterocycles. The van der Waals surface area contributed by atoms with Crippen LogP contribution in [0.3, 0.4) is 0 Å². The van der Waals surface area contributed by atoms with Gasteiger partial charge in [0.1, 0.15) is 17.3 Å². The van der Waals surface area contributed by atoms with Crippen molar-refractivity contribution >= 4 is 11.5 Å². The Kier molecular flexibility index (Phi) is 5.24. The molecule has 0 spiro atoms. The molecule has 4 rings (SSSR count). The highest BCUT2D eigenvalue weighted by atomic mass is 16.5. The van der Waals surface area contributed by atoms with Crippen LogP contribution >= 0.6 is 0 Å². The first-order valence-electron chi connectivity index (χ1n) is 10.4. The molecule has 3 aliphatic rings. The lowest BCUT2D eigenvalue weighted by Crippen LogP contribution is -2.36. The van der Waals surface area contributed by atoms with E-state index in [1.54, 1.807) is 31.4 Å². The zero-order valence-corrected chi connectivity index (χ0v) is 18.2. The molecule has 0 bridgehead atoms. The van der Waals surface area contributed by atoms with Crippen LogP contribution in [0, 0.1) is 17.2 Å². The van der Waals surface area contributed by atoms with Crippen molar-refractivity contribution in [3.8, 4) is 6.07 Å². The number of fused-ring (bicyclic) bond motifs is 2. The summed E-state index contributed by atoms with van der Waals surface area (Å²) in [6.07, 6.45) is 4.98. The Morgan fingerprint density at radius 2 is 2.06 bits per heavy atom. The molecule has 0 aromatic heterocycles. The molecule has 6 nitrogen and oxygen atoms in total. The van der Waals surface area contributed by atoms with Crippen molar-refractivity contribution in [2.45, 2.75) is 32.8 Å². The molecule has 1 aromatic rings.